The number of nitrogens with zero attached hydrogens (tertiary/aromatic N) is 3. The molecule has 0 saturated heterocycles. The maximum atomic E-state index is 12.7. The van der Waals surface area contributed by atoms with E-state index in [1.165, 1.54) is 7.11 Å². The van der Waals surface area contributed by atoms with E-state index >= 15 is 0 Å². The molecule has 0 aliphatic carbocycles. The molecule has 3 aromatic carbocycles. The largest absolute Gasteiger partial charge is 0.465 e. The van der Waals surface area contributed by atoms with E-state index in [-0.39, 0.29) is 11.9 Å². The number of para-hydroxylation sites is 1. The molecular weight excluding hydrogens is 452 g/mol. The summed E-state index contributed by atoms with van der Waals surface area (Å²) in [5.74, 6) is -0.653. The molecule has 0 aliphatic heterocycles. The van der Waals surface area contributed by atoms with Gasteiger partial charge in [0.25, 0.3) is 5.91 Å². The zero-order valence-corrected chi connectivity index (χ0v) is 19.7. The Morgan fingerprint density at radius 1 is 0.917 bits per heavy atom. The molecule has 1 N–H and O–H groups in total. The molecular formula is C29H24N4O3. The number of ether oxygens (including phenoxy) is 1. The Morgan fingerprint density at radius 3 is 2.53 bits per heavy atom. The van der Waals surface area contributed by atoms with E-state index in [4.69, 9.17) is 4.74 Å². The third-order valence-corrected chi connectivity index (χ3v) is 5.90. The Morgan fingerprint density at radius 2 is 1.69 bits per heavy atom. The van der Waals surface area contributed by atoms with E-state index in [0.717, 1.165) is 27.7 Å². The van der Waals surface area contributed by atoms with Gasteiger partial charge in [-0.15, -0.1) is 0 Å². The monoisotopic (exact) mass is 476 g/mol. The maximum absolute atomic E-state index is 12.7. The quantitative estimate of drug-likeness (QED) is 0.203. The fourth-order valence-electron chi connectivity index (χ4n) is 4.16. The standard InChI is InChI=1S/C29H24N4O3/c1-36-29(35)23-10-6-8-21(16-23)19-33-20-24(26-12-2-3-13-27(26)33)18-30-31-28(34)22-9-7-11-25(17-22)32-14-4-5-15-32/h2-18,20H,19H2,1H3,(H,31,34)/b30-18+. The first-order valence-corrected chi connectivity index (χ1v) is 11.4. The van der Waals surface area contributed by atoms with Crippen LogP contribution < -0.4 is 5.43 Å². The van der Waals surface area contributed by atoms with Gasteiger partial charge in [-0.25, -0.2) is 10.2 Å². The lowest BCUT2D eigenvalue weighted by molar-refractivity contribution is 0.0600. The third kappa shape index (κ3) is 4.81. The van der Waals surface area contributed by atoms with E-state index in [1.54, 1.807) is 18.3 Å². The fraction of sp³-hybridized carbons (Fsp3) is 0.0690. The van der Waals surface area contributed by atoms with Crippen LogP contribution in [-0.2, 0) is 11.3 Å². The average Bonchev–Trinajstić information content (AvgIpc) is 3.58. The first-order valence-electron chi connectivity index (χ1n) is 11.4. The Bertz CT molecular complexity index is 1560. The summed E-state index contributed by atoms with van der Waals surface area (Å²) in [5, 5.41) is 5.23. The van der Waals surface area contributed by atoms with Crippen molar-refractivity contribution in [2.75, 3.05) is 7.11 Å². The van der Waals surface area contributed by atoms with Crippen molar-refractivity contribution in [2.45, 2.75) is 6.54 Å². The average molecular weight is 477 g/mol. The van der Waals surface area contributed by atoms with Gasteiger partial charge >= 0.3 is 5.97 Å². The number of aromatic nitrogens is 2. The fourth-order valence-corrected chi connectivity index (χ4v) is 4.16. The van der Waals surface area contributed by atoms with Crippen molar-refractivity contribution in [2.24, 2.45) is 5.10 Å². The summed E-state index contributed by atoms with van der Waals surface area (Å²) in [6.07, 6.45) is 7.49. The van der Waals surface area contributed by atoms with E-state index in [1.807, 2.05) is 96.0 Å². The number of methoxy groups -OCH3 is 1. The minimum absolute atomic E-state index is 0.288. The molecule has 0 spiro atoms. The molecule has 7 heteroatoms. The molecule has 0 fully saturated rings. The summed E-state index contributed by atoms with van der Waals surface area (Å²) >= 11 is 0. The highest BCUT2D eigenvalue weighted by atomic mass is 16.5. The zero-order chi connectivity index (χ0) is 24.9. The molecule has 0 saturated carbocycles. The number of rotatable bonds is 7. The molecule has 0 radical (unpaired) electrons. The SMILES string of the molecule is COC(=O)c1cccc(Cn2cc(/C=N/NC(=O)c3cccc(-n4cccc4)c3)c3ccccc32)c1. The molecule has 7 nitrogen and oxygen atoms in total. The number of hydrazone groups is 1. The molecule has 0 bridgehead atoms. The van der Waals surface area contributed by atoms with Crippen molar-refractivity contribution in [3.63, 3.8) is 0 Å². The topological polar surface area (TPSA) is 77.6 Å². The first-order chi connectivity index (χ1) is 17.6. The van der Waals surface area contributed by atoms with E-state index < -0.39 is 0 Å². The summed E-state index contributed by atoms with van der Waals surface area (Å²) < 4.78 is 8.87. The van der Waals surface area contributed by atoms with Crippen molar-refractivity contribution in [1.29, 1.82) is 0 Å². The van der Waals surface area contributed by atoms with Crippen LogP contribution in [0.5, 0.6) is 0 Å². The molecule has 178 valence electrons. The molecule has 1 amide bonds. The molecule has 0 atom stereocenters. The van der Waals surface area contributed by atoms with Crippen LogP contribution in [0.2, 0.25) is 0 Å². The van der Waals surface area contributed by atoms with Crippen LogP contribution in [0.25, 0.3) is 16.6 Å². The summed E-state index contributed by atoms with van der Waals surface area (Å²) in [5.41, 5.74) is 7.42. The van der Waals surface area contributed by atoms with Crippen LogP contribution in [0.1, 0.15) is 31.8 Å². The Balaban J connectivity index is 1.35. The second-order valence-electron chi connectivity index (χ2n) is 8.26. The van der Waals surface area contributed by atoms with Gasteiger partial charge in [0.05, 0.1) is 18.9 Å². The van der Waals surface area contributed by atoms with Gasteiger partial charge in [0.2, 0.25) is 0 Å². The lowest BCUT2D eigenvalue weighted by atomic mass is 10.1. The Kier molecular flexibility index (Phi) is 6.44. The summed E-state index contributed by atoms with van der Waals surface area (Å²) in [6, 6.07) is 26.6. The number of esters is 1. The van der Waals surface area contributed by atoms with E-state index in [0.29, 0.717) is 17.7 Å². The van der Waals surface area contributed by atoms with Crippen molar-refractivity contribution in [3.05, 3.63) is 126 Å². The number of carbonyl (C=O) groups excluding carboxylic acids is 2. The van der Waals surface area contributed by atoms with Crippen LogP contribution in [0.3, 0.4) is 0 Å². The van der Waals surface area contributed by atoms with Crippen LogP contribution in [0, 0.1) is 0 Å². The highest BCUT2D eigenvalue weighted by Crippen LogP contribution is 2.22. The number of nitrogens with one attached hydrogen (secondary N) is 1. The maximum Gasteiger partial charge on any atom is 0.337 e. The molecule has 2 heterocycles. The van der Waals surface area contributed by atoms with Crippen molar-refractivity contribution in [1.82, 2.24) is 14.6 Å². The summed E-state index contributed by atoms with van der Waals surface area (Å²) in [6.45, 7) is 0.567. The summed E-state index contributed by atoms with van der Waals surface area (Å²) in [7, 11) is 1.37. The number of hydrogen-bond acceptors (Lipinski definition) is 4. The number of hydrogen-bond donors (Lipinski definition) is 1. The molecule has 2 aromatic heterocycles. The first kappa shape index (κ1) is 22.9. The van der Waals surface area contributed by atoms with Gasteiger partial charge in [0.15, 0.2) is 0 Å². The van der Waals surface area contributed by atoms with Crippen molar-refractivity contribution in [3.8, 4) is 5.69 Å². The Hall–Kier alpha value is -4.91. The van der Waals surface area contributed by atoms with Crippen LogP contribution in [0.15, 0.2) is 109 Å². The van der Waals surface area contributed by atoms with Gasteiger partial charge in [-0.05, 0) is 54.1 Å². The highest BCUT2D eigenvalue weighted by molar-refractivity contribution is 6.00. The lowest BCUT2D eigenvalue weighted by Gasteiger charge is -2.07. The number of benzene rings is 3. The van der Waals surface area contributed by atoms with Gasteiger partial charge in [0, 0.05) is 52.9 Å². The molecule has 5 rings (SSSR count). The van der Waals surface area contributed by atoms with Gasteiger partial charge < -0.3 is 13.9 Å². The predicted molar refractivity (Wildman–Crippen MR) is 140 cm³/mol. The number of carbonyl (C=O) groups is 2. The zero-order valence-electron chi connectivity index (χ0n) is 19.7. The third-order valence-electron chi connectivity index (χ3n) is 5.90. The second-order valence-corrected chi connectivity index (χ2v) is 8.26. The van der Waals surface area contributed by atoms with Gasteiger partial charge in [-0.3, -0.25) is 4.79 Å². The van der Waals surface area contributed by atoms with E-state index in [2.05, 4.69) is 15.1 Å². The summed E-state index contributed by atoms with van der Waals surface area (Å²) in [4.78, 5) is 24.6. The van der Waals surface area contributed by atoms with Crippen LogP contribution in [-0.4, -0.2) is 34.3 Å². The van der Waals surface area contributed by atoms with Gasteiger partial charge in [0.1, 0.15) is 0 Å². The number of fused-ring (bicyclic) bond motifs is 1. The van der Waals surface area contributed by atoms with Crippen molar-refractivity contribution >= 4 is 29.0 Å². The van der Waals surface area contributed by atoms with Gasteiger partial charge in [-0.1, -0.05) is 36.4 Å². The predicted octanol–water partition coefficient (Wildman–Crippen LogP) is 5.03. The van der Waals surface area contributed by atoms with E-state index in [9.17, 15) is 9.59 Å². The van der Waals surface area contributed by atoms with Crippen LogP contribution >= 0.6 is 0 Å². The molecule has 36 heavy (non-hydrogen) atoms. The molecule has 5 aromatic rings. The number of amides is 1. The Labute approximate surface area is 208 Å². The smallest absolute Gasteiger partial charge is 0.337 e. The molecule has 0 unspecified atom stereocenters. The van der Waals surface area contributed by atoms with Gasteiger partial charge in [-0.2, -0.15) is 5.10 Å². The minimum atomic E-state index is -0.364. The minimum Gasteiger partial charge on any atom is -0.465 e. The normalized spacial score (nSPS) is 11.1. The molecule has 0 aliphatic rings. The lowest BCUT2D eigenvalue weighted by Crippen LogP contribution is -2.17. The van der Waals surface area contributed by atoms with Crippen LogP contribution in [0.4, 0.5) is 0 Å². The van der Waals surface area contributed by atoms with Crippen molar-refractivity contribution < 1.29 is 14.3 Å². The second kappa shape index (κ2) is 10.1. The highest BCUT2D eigenvalue weighted by Gasteiger charge is 2.10.